The minimum absolute atomic E-state index is 0.250. The molecule has 0 saturated heterocycles. The van der Waals surface area contributed by atoms with E-state index < -0.39 is 0 Å². The number of carbonyl (C=O) groups excluding carboxylic acids is 2. The van der Waals surface area contributed by atoms with Crippen molar-refractivity contribution < 1.29 is 9.59 Å². The number of aryl methyl sites for hydroxylation is 2. The molecule has 0 atom stereocenters. The summed E-state index contributed by atoms with van der Waals surface area (Å²) in [6.07, 6.45) is 0. The summed E-state index contributed by atoms with van der Waals surface area (Å²) in [7, 11) is 0. The molecule has 1 heterocycles. The number of hydrogen-bond acceptors (Lipinski definition) is 3. The first kappa shape index (κ1) is 21.0. The van der Waals surface area contributed by atoms with Gasteiger partial charge in [-0.3, -0.25) is 9.59 Å². The van der Waals surface area contributed by atoms with Gasteiger partial charge in [-0.1, -0.05) is 72.3 Å². The van der Waals surface area contributed by atoms with Gasteiger partial charge in [0.15, 0.2) is 0 Å². The van der Waals surface area contributed by atoms with E-state index in [4.69, 9.17) is 11.6 Å². The van der Waals surface area contributed by atoms with Crippen molar-refractivity contribution in [3.05, 3.63) is 112 Å². The smallest absolute Gasteiger partial charge is 0.282 e. The number of carbonyl (C=O) groups is 2. The molecule has 0 fully saturated rings. The van der Waals surface area contributed by atoms with Gasteiger partial charge < -0.3 is 5.32 Å². The van der Waals surface area contributed by atoms with Crippen molar-refractivity contribution in [2.75, 3.05) is 10.2 Å². The molecule has 1 aliphatic rings. The molecule has 0 unspecified atom stereocenters. The Morgan fingerprint density at radius 1 is 0.788 bits per heavy atom. The van der Waals surface area contributed by atoms with Gasteiger partial charge in [0, 0.05) is 16.1 Å². The van der Waals surface area contributed by atoms with Gasteiger partial charge in [0.1, 0.15) is 5.70 Å². The fourth-order valence-corrected chi connectivity index (χ4v) is 4.30. The number of anilines is 2. The van der Waals surface area contributed by atoms with E-state index >= 15 is 0 Å². The van der Waals surface area contributed by atoms with Crippen LogP contribution in [0.25, 0.3) is 16.3 Å². The molecule has 1 aliphatic heterocycles. The van der Waals surface area contributed by atoms with Crippen molar-refractivity contribution in [1.82, 2.24) is 0 Å². The highest BCUT2D eigenvalue weighted by atomic mass is 35.5. The maximum atomic E-state index is 13.7. The van der Waals surface area contributed by atoms with Crippen molar-refractivity contribution in [2.24, 2.45) is 0 Å². The van der Waals surface area contributed by atoms with Crippen LogP contribution in [0.3, 0.4) is 0 Å². The molecule has 33 heavy (non-hydrogen) atoms. The predicted octanol–water partition coefficient (Wildman–Crippen LogP) is 6.51. The summed E-state index contributed by atoms with van der Waals surface area (Å²) in [5.41, 5.74) is 4.38. The summed E-state index contributed by atoms with van der Waals surface area (Å²) < 4.78 is 0. The third kappa shape index (κ3) is 3.69. The molecule has 4 aromatic rings. The highest BCUT2D eigenvalue weighted by Crippen LogP contribution is 2.36. The average Bonchev–Trinajstić information content (AvgIpc) is 3.05. The minimum atomic E-state index is -0.383. The van der Waals surface area contributed by atoms with Crippen molar-refractivity contribution in [2.45, 2.75) is 13.8 Å². The Balaban J connectivity index is 1.68. The van der Waals surface area contributed by atoms with Crippen LogP contribution in [0, 0.1) is 13.8 Å². The number of rotatable bonds is 4. The molecule has 0 aliphatic carbocycles. The van der Waals surface area contributed by atoms with Crippen LogP contribution in [0.2, 0.25) is 5.02 Å². The monoisotopic (exact) mass is 452 g/mol. The van der Waals surface area contributed by atoms with E-state index in [0.717, 1.165) is 27.6 Å². The molecule has 0 spiro atoms. The normalized spacial score (nSPS) is 13.8. The second-order valence-corrected chi connectivity index (χ2v) is 8.58. The van der Waals surface area contributed by atoms with Gasteiger partial charge in [0.2, 0.25) is 0 Å². The van der Waals surface area contributed by atoms with Crippen LogP contribution in [0.1, 0.15) is 16.7 Å². The third-order valence-corrected chi connectivity index (χ3v) is 6.12. The van der Waals surface area contributed by atoms with E-state index in [1.807, 2.05) is 74.5 Å². The van der Waals surface area contributed by atoms with Crippen LogP contribution in [0.4, 0.5) is 11.4 Å². The first-order chi connectivity index (χ1) is 15.9. The highest BCUT2D eigenvalue weighted by molar-refractivity contribution is 6.46. The van der Waals surface area contributed by atoms with Gasteiger partial charge in [-0.2, -0.15) is 0 Å². The van der Waals surface area contributed by atoms with Crippen LogP contribution in [0.5, 0.6) is 0 Å². The molecular weight excluding hydrogens is 432 g/mol. The molecule has 0 aromatic heterocycles. The maximum absolute atomic E-state index is 13.7. The average molecular weight is 453 g/mol. The highest BCUT2D eigenvalue weighted by Gasteiger charge is 2.41. The molecular formula is C28H21ClN2O2. The van der Waals surface area contributed by atoms with E-state index in [2.05, 4.69) is 5.32 Å². The summed E-state index contributed by atoms with van der Waals surface area (Å²) in [4.78, 5) is 28.7. The summed E-state index contributed by atoms with van der Waals surface area (Å²) in [6, 6.07) is 26.5. The first-order valence-electron chi connectivity index (χ1n) is 10.6. The van der Waals surface area contributed by atoms with Crippen molar-refractivity contribution in [1.29, 1.82) is 0 Å². The molecule has 162 valence electrons. The van der Waals surface area contributed by atoms with E-state index in [1.54, 1.807) is 24.3 Å². The van der Waals surface area contributed by atoms with Gasteiger partial charge in [-0.15, -0.1) is 0 Å². The second-order valence-electron chi connectivity index (χ2n) is 8.14. The number of amides is 2. The van der Waals surface area contributed by atoms with Gasteiger partial charge in [-0.25, -0.2) is 4.90 Å². The molecule has 0 bridgehead atoms. The Bertz CT molecular complexity index is 1450. The molecule has 0 saturated carbocycles. The number of hydrogen-bond donors (Lipinski definition) is 1. The lowest BCUT2D eigenvalue weighted by Crippen LogP contribution is -2.33. The zero-order valence-corrected chi connectivity index (χ0v) is 19.0. The van der Waals surface area contributed by atoms with Crippen LogP contribution in [-0.2, 0) is 9.59 Å². The third-order valence-electron chi connectivity index (χ3n) is 5.87. The fraction of sp³-hybridized carbons (Fsp3) is 0.0714. The first-order valence-corrected chi connectivity index (χ1v) is 11.0. The maximum Gasteiger partial charge on any atom is 0.282 e. The van der Waals surface area contributed by atoms with E-state index in [0.29, 0.717) is 21.8 Å². The van der Waals surface area contributed by atoms with Gasteiger partial charge >= 0.3 is 0 Å². The lowest BCUT2D eigenvalue weighted by atomic mass is 10.0. The van der Waals surface area contributed by atoms with Crippen LogP contribution in [0.15, 0.2) is 90.6 Å². The number of nitrogens with zero attached hydrogens (tertiary/aromatic N) is 1. The standard InChI is InChI=1S/C28H21ClN2O2/c1-17-10-11-18(2)24(16-17)31-27(32)25(20-12-14-21(29)15-13-20)26(28(31)33)30-23-9-5-7-19-6-3-4-8-22(19)23/h3-16,30H,1-2H3. The Hall–Kier alpha value is -3.89. The zero-order chi connectivity index (χ0) is 23.1. The van der Waals surface area contributed by atoms with E-state index in [1.165, 1.54) is 4.90 Å². The van der Waals surface area contributed by atoms with Crippen molar-refractivity contribution in [3.63, 3.8) is 0 Å². The number of fused-ring (bicyclic) bond motifs is 1. The fourth-order valence-electron chi connectivity index (χ4n) is 4.18. The minimum Gasteiger partial charge on any atom is -0.350 e. The van der Waals surface area contributed by atoms with Crippen molar-refractivity contribution in [3.8, 4) is 0 Å². The van der Waals surface area contributed by atoms with E-state index in [9.17, 15) is 9.59 Å². The summed E-state index contributed by atoms with van der Waals surface area (Å²) in [5, 5.41) is 5.86. The van der Waals surface area contributed by atoms with Crippen molar-refractivity contribution >= 4 is 51.1 Å². The molecule has 4 aromatic carbocycles. The Kier molecular flexibility index (Phi) is 5.23. The molecule has 5 rings (SSSR count). The van der Waals surface area contributed by atoms with E-state index in [-0.39, 0.29) is 17.5 Å². The lowest BCUT2D eigenvalue weighted by molar-refractivity contribution is -0.120. The molecule has 2 amide bonds. The molecule has 1 N–H and O–H groups in total. The molecule has 0 radical (unpaired) electrons. The SMILES string of the molecule is Cc1ccc(C)c(N2C(=O)C(Nc3cccc4ccccc34)=C(c3ccc(Cl)cc3)C2=O)c1. The Morgan fingerprint density at radius 2 is 1.52 bits per heavy atom. The topological polar surface area (TPSA) is 49.4 Å². The predicted molar refractivity (Wildman–Crippen MR) is 134 cm³/mol. The van der Waals surface area contributed by atoms with Crippen LogP contribution >= 0.6 is 11.6 Å². The second kappa shape index (κ2) is 8.23. The van der Waals surface area contributed by atoms with Gasteiger partial charge in [0.05, 0.1) is 11.3 Å². The van der Waals surface area contributed by atoms with Gasteiger partial charge in [-0.05, 0) is 60.2 Å². The molecule has 4 nitrogen and oxygen atoms in total. The largest absolute Gasteiger partial charge is 0.350 e. The molecule has 5 heteroatoms. The zero-order valence-electron chi connectivity index (χ0n) is 18.2. The quantitative estimate of drug-likeness (QED) is 0.359. The van der Waals surface area contributed by atoms with Crippen LogP contribution in [-0.4, -0.2) is 11.8 Å². The number of halogens is 1. The summed E-state index contributed by atoms with van der Waals surface area (Å²) in [6.45, 7) is 3.84. The summed E-state index contributed by atoms with van der Waals surface area (Å²) in [5.74, 6) is -0.745. The Labute approximate surface area is 197 Å². The summed E-state index contributed by atoms with van der Waals surface area (Å²) >= 11 is 6.08. The number of nitrogens with one attached hydrogen (secondary N) is 1. The Morgan fingerprint density at radius 3 is 2.30 bits per heavy atom. The van der Waals surface area contributed by atoms with Crippen LogP contribution < -0.4 is 10.2 Å². The number of imide groups is 1. The lowest BCUT2D eigenvalue weighted by Gasteiger charge is -2.18. The number of benzene rings is 4. The van der Waals surface area contributed by atoms with Gasteiger partial charge in [0.25, 0.3) is 11.8 Å².